The van der Waals surface area contributed by atoms with Crippen molar-refractivity contribution in [1.82, 2.24) is 19.4 Å². The molecule has 22 heavy (non-hydrogen) atoms. The van der Waals surface area contributed by atoms with Gasteiger partial charge in [-0.05, 0) is 6.07 Å². The molecule has 2 heterocycles. The standard InChI is InChI=1S/C15H22N4O3/c1-9(2)13-17-18(8-12(20)22-6)14(21)10-7-11(15(3,4)5)16-19(10)13/h7,9H,8H2,1-6H3. The summed E-state index contributed by atoms with van der Waals surface area (Å²) in [6, 6.07) is 1.77. The third-order valence-electron chi connectivity index (χ3n) is 3.39. The topological polar surface area (TPSA) is 78.5 Å². The Labute approximate surface area is 128 Å². The third-order valence-corrected chi connectivity index (χ3v) is 3.39. The maximum Gasteiger partial charge on any atom is 0.327 e. The van der Waals surface area contributed by atoms with E-state index in [0.29, 0.717) is 11.3 Å². The number of ether oxygens (including phenoxy) is 1. The minimum absolute atomic E-state index is 0.0553. The lowest BCUT2D eigenvalue weighted by atomic mass is 9.92. The van der Waals surface area contributed by atoms with Gasteiger partial charge in [-0.15, -0.1) is 0 Å². The summed E-state index contributed by atoms with van der Waals surface area (Å²) in [7, 11) is 1.28. The highest BCUT2D eigenvalue weighted by Gasteiger charge is 2.22. The summed E-state index contributed by atoms with van der Waals surface area (Å²) in [5, 5.41) is 8.82. The molecule has 0 unspecified atom stereocenters. The van der Waals surface area contributed by atoms with Crippen molar-refractivity contribution in [3.63, 3.8) is 0 Å². The average Bonchev–Trinajstić information content (AvgIpc) is 2.86. The Morgan fingerprint density at radius 1 is 1.32 bits per heavy atom. The number of fused-ring (bicyclic) bond motifs is 1. The van der Waals surface area contributed by atoms with E-state index in [-0.39, 0.29) is 23.4 Å². The first-order chi connectivity index (χ1) is 10.1. The molecule has 0 aromatic carbocycles. The van der Waals surface area contributed by atoms with Crippen molar-refractivity contribution in [2.45, 2.75) is 52.5 Å². The van der Waals surface area contributed by atoms with Gasteiger partial charge in [0.25, 0.3) is 5.56 Å². The van der Waals surface area contributed by atoms with Gasteiger partial charge in [-0.3, -0.25) is 9.59 Å². The van der Waals surface area contributed by atoms with Crippen LogP contribution in [0.4, 0.5) is 0 Å². The molecule has 2 rings (SSSR count). The number of carbonyl (C=O) groups is 1. The van der Waals surface area contributed by atoms with Crippen molar-refractivity contribution in [3.8, 4) is 0 Å². The number of rotatable bonds is 3. The highest BCUT2D eigenvalue weighted by Crippen LogP contribution is 2.22. The fraction of sp³-hybridized carbons (Fsp3) is 0.600. The Hall–Kier alpha value is -2.18. The molecular weight excluding hydrogens is 284 g/mol. The van der Waals surface area contributed by atoms with Gasteiger partial charge in [0.2, 0.25) is 0 Å². The SMILES string of the molecule is COC(=O)Cn1nc(C(C)C)n2nc(C(C)(C)C)cc2c1=O. The second kappa shape index (κ2) is 5.55. The van der Waals surface area contributed by atoms with E-state index >= 15 is 0 Å². The van der Waals surface area contributed by atoms with Gasteiger partial charge in [0.1, 0.15) is 12.1 Å². The van der Waals surface area contributed by atoms with Gasteiger partial charge < -0.3 is 4.74 Å². The lowest BCUT2D eigenvalue weighted by Crippen LogP contribution is -2.31. The number of hydrogen-bond donors (Lipinski definition) is 0. The van der Waals surface area contributed by atoms with E-state index < -0.39 is 5.97 Å². The number of methoxy groups -OCH3 is 1. The molecule has 0 aliphatic rings. The van der Waals surface area contributed by atoms with E-state index in [1.54, 1.807) is 10.6 Å². The van der Waals surface area contributed by atoms with Gasteiger partial charge >= 0.3 is 5.97 Å². The monoisotopic (exact) mass is 306 g/mol. The molecule has 0 aliphatic carbocycles. The molecule has 0 saturated carbocycles. The average molecular weight is 306 g/mol. The Bertz CT molecular complexity index is 765. The zero-order chi connectivity index (χ0) is 16.7. The van der Waals surface area contributed by atoms with Gasteiger partial charge in [-0.25, -0.2) is 9.20 Å². The summed E-state index contributed by atoms with van der Waals surface area (Å²) in [4.78, 5) is 24.0. The van der Waals surface area contributed by atoms with Crippen LogP contribution < -0.4 is 5.56 Å². The Kier molecular flexibility index (Phi) is 4.08. The van der Waals surface area contributed by atoms with Gasteiger partial charge in [0.15, 0.2) is 5.82 Å². The van der Waals surface area contributed by atoms with E-state index in [1.165, 1.54) is 7.11 Å². The molecule has 0 atom stereocenters. The summed E-state index contributed by atoms with van der Waals surface area (Å²) >= 11 is 0. The van der Waals surface area contributed by atoms with Crippen LogP contribution in [0.2, 0.25) is 0 Å². The second-order valence-electron chi connectivity index (χ2n) is 6.63. The fourth-order valence-electron chi connectivity index (χ4n) is 2.07. The molecule has 7 nitrogen and oxygen atoms in total. The van der Waals surface area contributed by atoms with E-state index in [9.17, 15) is 9.59 Å². The maximum absolute atomic E-state index is 12.5. The first-order valence-electron chi connectivity index (χ1n) is 7.23. The van der Waals surface area contributed by atoms with Crippen LogP contribution in [0.1, 0.15) is 52.1 Å². The molecule has 0 fully saturated rings. The smallest absolute Gasteiger partial charge is 0.327 e. The van der Waals surface area contributed by atoms with Crippen LogP contribution in [-0.4, -0.2) is 32.5 Å². The molecule has 0 aliphatic heterocycles. The van der Waals surface area contributed by atoms with E-state index in [0.717, 1.165) is 10.4 Å². The molecule has 0 bridgehead atoms. The number of nitrogens with zero attached hydrogens (tertiary/aromatic N) is 4. The Morgan fingerprint density at radius 2 is 1.95 bits per heavy atom. The predicted molar refractivity (Wildman–Crippen MR) is 82.1 cm³/mol. The minimum atomic E-state index is -0.510. The fourth-order valence-corrected chi connectivity index (χ4v) is 2.07. The largest absolute Gasteiger partial charge is 0.468 e. The number of carbonyl (C=O) groups excluding carboxylic acids is 1. The summed E-state index contributed by atoms with van der Waals surface area (Å²) in [6.45, 7) is 9.82. The number of hydrogen-bond acceptors (Lipinski definition) is 5. The van der Waals surface area contributed by atoms with Crippen molar-refractivity contribution >= 4 is 11.5 Å². The summed E-state index contributed by atoms with van der Waals surface area (Å²) in [5.41, 5.74) is 0.703. The van der Waals surface area contributed by atoms with Gasteiger partial charge in [0.05, 0.1) is 12.8 Å². The molecule has 0 radical (unpaired) electrons. The van der Waals surface area contributed by atoms with E-state index in [4.69, 9.17) is 0 Å². The quantitative estimate of drug-likeness (QED) is 0.803. The zero-order valence-electron chi connectivity index (χ0n) is 13.9. The summed E-state index contributed by atoms with van der Waals surface area (Å²) in [5.74, 6) is 0.179. The lowest BCUT2D eigenvalue weighted by Gasteiger charge is -2.14. The first kappa shape index (κ1) is 16.2. The molecule has 0 spiro atoms. The van der Waals surface area contributed by atoms with Crippen LogP contribution in [0.15, 0.2) is 10.9 Å². The number of aromatic nitrogens is 4. The highest BCUT2D eigenvalue weighted by atomic mass is 16.5. The predicted octanol–water partition coefficient (Wildman–Crippen LogP) is 1.48. The van der Waals surface area contributed by atoms with Crippen molar-refractivity contribution < 1.29 is 9.53 Å². The number of esters is 1. The van der Waals surface area contributed by atoms with E-state index in [1.807, 2.05) is 34.6 Å². The van der Waals surface area contributed by atoms with Crippen molar-refractivity contribution in [2.75, 3.05) is 7.11 Å². The molecule has 120 valence electrons. The molecule has 2 aromatic heterocycles. The molecule has 0 amide bonds. The van der Waals surface area contributed by atoms with Gasteiger partial charge in [-0.2, -0.15) is 10.2 Å². The molecule has 2 aromatic rings. The normalized spacial score (nSPS) is 12.1. The van der Waals surface area contributed by atoms with Crippen LogP contribution in [0.5, 0.6) is 0 Å². The zero-order valence-corrected chi connectivity index (χ0v) is 13.9. The van der Waals surface area contributed by atoms with Crippen molar-refractivity contribution in [2.24, 2.45) is 0 Å². The van der Waals surface area contributed by atoms with Crippen LogP contribution in [0, 0.1) is 0 Å². The van der Waals surface area contributed by atoms with E-state index in [2.05, 4.69) is 14.9 Å². The van der Waals surface area contributed by atoms with Gasteiger partial charge in [0, 0.05) is 11.3 Å². The molecule has 0 N–H and O–H groups in total. The second-order valence-corrected chi connectivity index (χ2v) is 6.63. The van der Waals surface area contributed by atoms with Crippen LogP contribution in [0.3, 0.4) is 0 Å². The van der Waals surface area contributed by atoms with Crippen LogP contribution >= 0.6 is 0 Å². The van der Waals surface area contributed by atoms with Gasteiger partial charge in [-0.1, -0.05) is 34.6 Å². The maximum atomic E-state index is 12.5. The molecule has 0 saturated heterocycles. The lowest BCUT2D eigenvalue weighted by molar-refractivity contribution is -0.141. The van der Waals surface area contributed by atoms with Crippen molar-refractivity contribution in [3.05, 3.63) is 27.9 Å². The van der Waals surface area contributed by atoms with Crippen LogP contribution in [-0.2, 0) is 21.5 Å². The first-order valence-corrected chi connectivity index (χ1v) is 7.23. The van der Waals surface area contributed by atoms with Crippen LogP contribution in [0.25, 0.3) is 5.52 Å². The third kappa shape index (κ3) is 2.88. The molecule has 7 heteroatoms. The van der Waals surface area contributed by atoms with Crippen molar-refractivity contribution in [1.29, 1.82) is 0 Å². The highest BCUT2D eigenvalue weighted by molar-refractivity contribution is 5.69. The Morgan fingerprint density at radius 3 is 2.45 bits per heavy atom. The minimum Gasteiger partial charge on any atom is -0.468 e. The summed E-state index contributed by atoms with van der Waals surface area (Å²) < 4.78 is 7.35. The summed E-state index contributed by atoms with van der Waals surface area (Å²) in [6.07, 6.45) is 0. The molecular formula is C15H22N4O3. The Balaban J connectivity index is 2.73.